The zero-order chi connectivity index (χ0) is 14.4. The first-order chi connectivity index (χ1) is 9.70. The topological polar surface area (TPSA) is 44.5 Å². The summed E-state index contributed by atoms with van der Waals surface area (Å²) in [7, 11) is 1.65. The molecule has 2 aromatic carbocycles. The monoisotopic (exact) mass is 271 g/mol. The van der Waals surface area contributed by atoms with Crippen LogP contribution < -0.4 is 15.2 Å². The minimum absolute atomic E-state index is 0.0624. The van der Waals surface area contributed by atoms with Gasteiger partial charge in [0, 0.05) is 24.1 Å². The lowest BCUT2D eigenvalue weighted by molar-refractivity contribution is 0.314. The Labute approximate surface area is 120 Å². The van der Waals surface area contributed by atoms with Gasteiger partial charge in [0.05, 0.1) is 13.7 Å². The van der Waals surface area contributed by atoms with Crippen molar-refractivity contribution in [3.8, 4) is 11.5 Å². The zero-order valence-corrected chi connectivity index (χ0v) is 12.0. The molecule has 0 aliphatic heterocycles. The Hall–Kier alpha value is -2.00. The highest BCUT2D eigenvalue weighted by molar-refractivity contribution is 5.42. The van der Waals surface area contributed by atoms with Gasteiger partial charge in [0.15, 0.2) is 0 Å². The average molecular weight is 271 g/mol. The van der Waals surface area contributed by atoms with Crippen LogP contribution in [0, 0.1) is 0 Å². The van der Waals surface area contributed by atoms with E-state index in [1.165, 1.54) is 5.56 Å². The van der Waals surface area contributed by atoms with Crippen LogP contribution in [-0.2, 0) is 6.42 Å². The maximum Gasteiger partial charge on any atom is 0.127 e. The molecular formula is C17H21NO2. The van der Waals surface area contributed by atoms with Crippen LogP contribution in [0.3, 0.4) is 0 Å². The number of benzene rings is 2. The Morgan fingerprint density at radius 2 is 1.85 bits per heavy atom. The summed E-state index contributed by atoms with van der Waals surface area (Å²) in [6.07, 6.45) is 0.871. The van der Waals surface area contributed by atoms with E-state index in [0.717, 1.165) is 23.5 Å². The van der Waals surface area contributed by atoms with Crippen molar-refractivity contribution in [1.29, 1.82) is 0 Å². The first-order valence-electron chi connectivity index (χ1n) is 6.81. The van der Waals surface area contributed by atoms with E-state index in [9.17, 15) is 0 Å². The van der Waals surface area contributed by atoms with Gasteiger partial charge in [0.1, 0.15) is 11.5 Å². The van der Waals surface area contributed by atoms with Gasteiger partial charge in [-0.3, -0.25) is 0 Å². The molecule has 2 aromatic rings. The van der Waals surface area contributed by atoms with Crippen molar-refractivity contribution in [2.24, 2.45) is 5.73 Å². The number of rotatable bonds is 6. The second-order valence-corrected chi connectivity index (χ2v) is 4.78. The van der Waals surface area contributed by atoms with Gasteiger partial charge in [-0.15, -0.1) is 0 Å². The van der Waals surface area contributed by atoms with Crippen LogP contribution in [0.25, 0.3) is 0 Å². The third-order valence-electron chi connectivity index (χ3n) is 3.20. The minimum Gasteiger partial charge on any atom is -0.497 e. The number of ether oxygens (including phenoxy) is 2. The van der Waals surface area contributed by atoms with Gasteiger partial charge in [0.25, 0.3) is 0 Å². The Morgan fingerprint density at radius 1 is 1.10 bits per heavy atom. The molecular weight excluding hydrogens is 250 g/mol. The molecule has 0 amide bonds. The summed E-state index contributed by atoms with van der Waals surface area (Å²) in [5, 5.41) is 0. The van der Waals surface area contributed by atoms with Crippen LogP contribution in [0.2, 0.25) is 0 Å². The second-order valence-electron chi connectivity index (χ2n) is 4.78. The Morgan fingerprint density at radius 3 is 2.50 bits per heavy atom. The van der Waals surface area contributed by atoms with Crippen molar-refractivity contribution in [3.63, 3.8) is 0 Å². The van der Waals surface area contributed by atoms with Gasteiger partial charge in [-0.1, -0.05) is 36.4 Å². The van der Waals surface area contributed by atoms with Crippen LogP contribution in [0.4, 0.5) is 0 Å². The quantitative estimate of drug-likeness (QED) is 0.876. The Kier molecular flexibility index (Phi) is 5.02. The van der Waals surface area contributed by atoms with Crippen LogP contribution in [-0.4, -0.2) is 13.7 Å². The zero-order valence-electron chi connectivity index (χ0n) is 12.0. The van der Waals surface area contributed by atoms with Crippen molar-refractivity contribution < 1.29 is 9.47 Å². The van der Waals surface area contributed by atoms with Gasteiger partial charge in [-0.2, -0.15) is 0 Å². The summed E-state index contributed by atoms with van der Waals surface area (Å²) in [6, 6.07) is 16.0. The number of hydrogen-bond donors (Lipinski definition) is 1. The molecule has 20 heavy (non-hydrogen) atoms. The third-order valence-corrected chi connectivity index (χ3v) is 3.20. The SMILES string of the molecule is COc1ccc([C@@H](C)N)c(OCCc2ccccc2)c1. The minimum atomic E-state index is -0.0624. The standard InChI is InChI=1S/C17H21NO2/c1-13(18)16-9-8-15(19-2)12-17(16)20-11-10-14-6-4-3-5-7-14/h3-9,12-13H,10-11,18H2,1-2H3/t13-/m1/s1. The van der Waals surface area contributed by atoms with Gasteiger partial charge in [-0.25, -0.2) is 0 Å². The second kappa shape index (κ2) is 6.96. The lowest BCUT2D eigenvalue weighted by atomic mass is 10.1. The summed E-state index contributed by atoms with van der Waals surface area (Å²) < 4.78 is 11.1. The van der Waals surface area contributed by atoms with E-state index < -0.39 is 0 Å². The normalized spacial score (nSPS) is 11.9. The van der Waals surface area contributed by atoms with Crippen molar-refractivity contribution >= 4 is 0 Å². The molecule has 106 valence electrons. The fourth-order valence-electron chi connectivity index (χ4n) is 2.07. The fourth-order valence-corrected chi connectivity index (χ4v) is 2.07. The Balaban J connectivity index is 2.04. The molecule has 0 unspecified atom stereocenters. The maximum atomic E-state index is 5.97. The Bertz CT molecular complexity index is 538. The highest BCUT2D eigenvalue weighted by atomic mass is 16.5. The van der Waals surface area contributed by atoms with Crippen LogP contribution in [0.5, 0.6) is 11.5 Å². The molecule has 3 nitrogen and oxygen atoms in total. The molecule has 0 fully saturated rings. The van der Waals surface area contributed by atoms with Gasteiger partial charge in [-0.05, 0) is 18.6 Å². The van der Waals surface area contributed by atoms with E-state index in [4.69, 9.17) is 15.2 Å². The first-order valence-corrected chi connectivity index (χ1v) is 6.81. The molecule has 0 aliphatic rings. The highest BCUT2D eigenvalue weighted by Crippen LogP contribution is 2.28. The largest absolute Gasteiger partial charge is 0.497 e. The van der Waals surface area contributed by atoms with Crippen LogP contribution >= 0.6 is 0 Å². The maximum absolute atomic E-state index is 5.97. The molecule has 0 heterocycles. The van der Waals surface area contributed by atoms with E-state index >= 15 is 0 Å². The van der Waals surface area contributed by atoms with E-state index in [0.29, 0.717) is 6.61 Å². The van der Waals surface area contributed by atoms with Crippen molar-refractivity contribution in [2.45, 2.75) is 19.4 Å². The molecule has 2 rings (SSSR count). The van der Waals surface area contributed by atoms with E-state index in [2.05, 4.69) is 12.1 Å². The lowest BCUT2D eigenvalue weighted by Crippen LogP contribution is -2.09. The molecule has 0 saturated heterocycles. The molecule has 0 aliphatic carbocycles. The summed E-state index contributed by atoms with van der Waals surface area (Å²) in [5.41, 5.74) is 8.23. The third kappa shape index (κ3) is 3.75. The number of hydrogen-bond acceptors (Lipinski definition) is 3. The molecule has 3 heteroatoms. The number of nitrogens with two attached hydrogens (primary N) is 1. The van der Waals surface area contributed by atoms with Crippen molar-refractivity contribution in [1.82, 2.24) is 0 Å². The van der Waals surface area contributed by atoms with E-state index in [1.54, 1.807) is 7.11 Å². The van der Waals surface area contributed by atoms with Crippen LogP contribution in [0.1, 0.15) is 24.1 Å². The predicted octanol–water partition coefficient (Wildman–Crippen LogP) is 3.34. The number of methoxy groups -OCH3 is 1. The molecule has 0 spiro atoms. The summed E-state index contributed by atoms with van der Waals surface area (Å²) in [4.78, 5) is 0. The molecule has 0 radical (unpaired) electrons. The molecule has 0 aromatic heterocycles. The lowest BCUT2D eigenvalue weighted by Gasteiger charge is -2.15. The van der Waals surface area contributed by atoms with Gasteiger partial charge in [0.2, 0.25) is 0 Å². The van der Waals surface area contributed by atoms with Crippen molar-refractivity contribution in [2.75, 3.05) is 13.7 Å². The van der Waals surface area contributed by atoms with Crippen molar-refractivity contribution in [3.05, 3.63) is 59.7 Å². The predicted molar refractivity (Wildman–Crippen MR) is 81.2 cm³/mol. The fraction of sp³-hybridized carbons (Fsp3) is 0.294. The van der Waals surface area contributed by atoms with E-state index in [1.807, 2.05) is 43.3 Å². The molecule has 0 bridgehead atoms. The average Bonchev–Trinajstić information content (AvgIpc) is 2.48. The highest BCUT2D eigenvalue weighted by Gasteiger charge is 2.09. The summed E-state index contributed by atoms with van der Waals surface area (Å²) in [5.74, 6) is 1.58. The smallest absolute Gasteiger partial charge is 0.127 e. The van der Waals surface area contributed by atoms with Gasteiger partial charge >= 0.3 is 0 Å². The molecule has 2 N–H and O–H groups in total. The molecule has 1 atom stereocenters. The van der Waals surface area contributed by atoms with E-state index in [-0.39, 0.29) is 6.04 Å². The summed E-state index contributed by atoms with van der Waals surface area (Å²) >= 11 is 0. The first kappa shape index (κ1) is 14.4. The molecule has 0 saturated carbocycles. The van der Waals surface area contributed by atoms with Crippen LogP contribution in [0.15, 0.2) is 48.5 Å². The summed E-state index contributed by atoms with van der Waals surface area (Å²) in [6.45, 7) is 2.57. The van der Waals surface area contributed by atoms with Gasteiger partial charge < -0.3 is 15.2 Å².